The Hall–Kier alpha value is -4.26. The van der Waals surface area contributed by atoms with Crippen molar-refractivity contribution < 1.29 is 9.59 Å². The minimum Gasteiger partial charge on any atom is -0.295 e. The number of hydrogen-bond acceptors (Lipinski definition) is 4. The summed E-state index contributed by atoms with van der Waals surface area (Å²) in [6.45, 7) is 1.75. The van der Waals surface area contributed by atoms with E-state index in [2.05, 4.69) is 10.2 Å². The van der Waals surface area contributed by atoms with E-state index in [1.54, 1.807) is 19.1 Å². The molecule has 7 nitrogen and oxygen atoms in total. The Labute approximate surface area is 182 Å². The average molecular weight is 422 g/mol. The number of benzene rings is 3. The molecular formula is C25H18N4O3. The highest BCUT2D eigenvalue weighted by molar-refractivity contribution is 6.26. The molecular weight excluding hydrogens is 404 g/mol. The van der Waals surface area contributed by atoms with Crippen LogP contribution >= 0.6 is 0 Å². The number of aryl methyl sites for hydroxylation is 3. The zero-order valence-corrected chi connectivity index (χ0v) is 17.3. The Morgan fingerprint density at radius 1 is 0.844 bits per heavy atom. The molecule has 2 heterocycles. The predicted octanol–water partition coefficient (Wildman–Crippen LogP) is 3.36. The molecule has 6 rings (SSSR count). The Kier molecular flexibility index (Phi) is 3.83. The van der Waals surface area contributed by atoms with Crippen LogP contribution in [0.3, 0.4) is 0 Å². The lowest BCUT2D eigenvalue weighted by Gasteiger charge is -2.23. The van der Waals surface area contributed by atoms with Gasteiger partial charge in [0.25, 0.3) is 17.4 Å². The van der Waals surface area contributed by atoms with Gasteiger partial charge in [-0.15, -0.1) is 0 Å². The normalized spacial score (nSPS) is 14.8. The first-order chi connectivity index (χ1) is 15.5. The van der Waals surface area contributed by atoms with Crippen LogP contribution in [0.5, 0.6) is 0 Å². The van der Waals surface area contributed by atoms with E-state index in [0.717, 1.165) is 28.6 Å². The van der Waals surface area contributed by atoms with Crippen molar-refractivity contribution >= 4 is 28.8 Å². The first-order valence-corrected chi connectivity index (χ1v) is 10.4. The van der Waals surface area contributed by atoms with E-state index in [9.17, 15) is 14.4 Å². The van der Waals surface area contributed by atoms with Crippen LogP contribution in [-0.2, 0) is 12.8 Å². The molecule has 7 heteroatoms. The first kappa shape index (κ1) is 18.5. The predicted molar refractivity (Wildman–Crippen MR) is 121 cm³/mol. The lowest BCUT2D eigenvalue weighted by Crippen LogP contribution is -2.36. The van der Waals surface area contributed by atoms with E-state index < -0.39 is 11.8 Å². The van der Waals surface area contributed by atoms with Crippen LogP contribution in [0.4, 0.5) is 0 Å². The van der Waals surface area contributed by atoms with Gasteiger partial charge < -0.3 is 0 Å². The zero-order valence-electron chi connectivity index (χ0n) is 17.3. The fourth-order valence-corrected chi connectivity index (χ4v) is 4.70. The molecule has 32 heavy (non-hydrogen) atoms. The summed E-state index contributed by atoms with van der Waals surface area (Å²) in [5, 5.41) is 9.79. The second-order valence-electron chi connectivity index (χ2n) is 8.09. The van der Waals surface area contributed by atoms with E-state index in [0.29, 0.717) is 22.5 Å². The number of nitrogens with one attached hydrogen (secondary N) is 1. The summed E-state index contributed by atoms with van der Waals surface area (Å²) in [5.41, 5.74) is 4.51. The van der Waals surface area contributed by atoms with Gasteiger partial charge in [0.05, 0.1) is 28.6 Å². The summed E-state index contributed by atoms with van der Waals surface area (Å²) < 4.78 is 1.41. The van der Waals surface area contributed by atoms with Crippen LogP contribution in [0.15, 0.2) is 64.5 Å². The van der Waals surface area contributed by atoms with Gasteiger partial charge in [0.2, 0.25) is 0 Å². The molecule has 3 aromatic carbocycles. The second kappa shape index (κ2) is 6.62. The van der Waals surface area contributed by atoms with Gasteiger partial charge in [-0.1, -0.05) is 30.3 Å². The van der Waals surface area contributed by atoms with Crippen LogP contribution in [-0.4, -0.2) is 32.8 Å². The SMILES string of the molecule is Cc1[nH]n(-c2ccccc2)c(=O)c1/C=N/N1C(=O)c2ccc3c4c(ccc(c24)C1=O)CC3. The Balaban J connectivity index is 1.42. The van der Waals surface area contributed by atoms with Gasteiger partial charge in [-0.3, -0.25) is 19.5 Å². The Morgan fingerprint density at radius 3 is 2.09 bits per heavy atom. The number of amides is 2. The zero-order chi connectivity index (χ0) is 22.0. The van der Waals surface area contributed by atoms with Crippen LogP contribution in [0, 0.1) is 6.92 Å². The van der Waals surface area contributed by atoms with E-state index >= 15 is 0 Å². The highest BCUT2D eigenvalue weighted by atomic mass is 16.2. The van der Waals surface area contributed by atoms with Crippen LogP contribution in [0.25, 0.3) is 16.5 Å². The summed E-state index contributed by atoms with van der Waals surface area (Å²) in [6.07, 6.45) is 3.12. The monoisotopic (exact) mass is 422 g/mol. The van der Waals surface area contributed by atoms with Gasteiger partial charge in [0, 0.05) is 11.1 Å². The second-order valence-corrected chi connectivity index (χ2v) is 8.09. The van der Waals surface area contributed by atoms with E-state index in [1.165, 1.54) is 22.0 Å². The summed E-state index contributed by atoms with van der Waals surface area (Å²) in [4.78, 5) is 39.3. The molecule has 0 atom stereocenters. The van der Waals surface area contributed by atoms with E-state index in [4.69, 9.17) is 0 Å². The highest BCUT2D eigenvalue weighted by Crippen LogP contribution is 2.38. The number of para-hydroxylation sites is 1. The van der Waals surface area contributed by atoms with Crippen LogP contribution < -0.4 is 5.56 Å². The maximum absolute atomic E-state index is 13.2. The Bertz CT molecular complexity index is 1480. The molecule has 1 aliphatic carbocycles. The molecule has 0 spiro atoms. The third-order valence-corrected chi connectivity index (χ3v) is 6.28. The summed E-state index contributed by atoms with van der Waals surface area (Å²) in [6, 6.07) is 16.6. The largest absolute Gasteiger partial charge is 0.295 e. The minimum absolute atomic E-state index is 0.286. The topological polar surface area (TPSA) is 87.5 Å². The quantitative estimate of drug-likeness (QED) is 0.406. The summed E-state index contributed by atoms with van der Waals surface area (Å²) in [5.74, 6) is -0.961. The maximum Gasteiger partial charge on any atom is 0.282 e. The standard InChI is InChI=1S/C25H18N4O3/c1-14-20(25(32)28(27-14)17-5-3-2-4-6-17)13-26-29-23(30)18-11-9-15-7-8-16-10-12-19(24(29)31)22(18)21(15)16/h2-6,9-13,27H,7-8H2,1H3/b26-13+. The van der Waals surface area contributed by atoms with Crippen molar-refractivity contribution in [3.05, 3.63) is 98.5 Å². The molecule has 4 aromatic rings. The molecule has 1 aromatic heterocycles. The average Bonchev–Trinajstić information content (AvgIpc) is 3.36. The van der Waals surface area contributed by atoms with E-state index in [1.807, 2.05) is 42.5 Å². The van der Waals surface area contributed by atoms with Crippen LogP contribution in [0.1, 0.15) is 43.1 Å². The van der Waals surface area contributed by atoms with Gasteiger partial charge in [0.15, 0.2) is 0 Å². The molecule has 0 bridgehead atoms. The molecule has 0 saturated carbocycles. The van der Waals surface area contributed by atoms with Gasteiger partial charge in [-0.05, 0) is 60.5 Å². The minimum atomic E-state index is -0.481. The smallest absolute Gasteiger partial charge is 0.282 e. The van der Waals surface area contributed by atoms with Crippen molar-refractivity contribution in [3.8, 4) is 5.69 Å². The first-order valence-electron chi connectivity index (χ1n) is 10.4. The van der Waals surface area contributed by atoms with Crippen LogP contribution in [0.2, 0.25) is 0 Å². The number of rotatable bonds is 3. The third-order valence-electron chi connectivity index (χ3n) is 6.28. The number of aromatic nitrogens is 2. The summed E-state index contributed by atoms with van der Waals surface area (Å²) in [7, 11) is 0. The fraction of sp³-hybridized carbons (Fsp3) is 0.120. The number of carbonyl (C=O) groups is 2. The molecule has 2 aliphatic rings. The number of hydrogen-bond donors (Lipinski definition) is 1. The number of carbonyl (C=O) groups excluding carboxylic acids is 2. The molecule has 1 aliphatic heterocycles. The van der Waals surface area contributed by atoms with Crippen molar-refractivity contribution in [2.24, 2.45) is 5.10 Å². The molecule has 2 amide bonds. The molecule has 0 fully saturated rings. The lowest BCUT2D eigenvalue weighted by molar-refractivity contribution is 0.0616. The van der Waals surface area contributed by atoms with Crippen molar-refractivity contribution in [3.63, 3.8) is 0 Å². The highest BCUT2D eigenvalue weighted by Gasteiger charge is 2.35. The number of nitrogens with zero attached hydrogens (tertiary/aromatic N) is 3. The number of hydrazone groups is 1. The molecule has 0 unspecified atom stereocenters. The molecule has 1 N–H and O–H groups in total. The molecule has 0 radical (unpaired) electrons. The third kappa shape index (κ3) is 2.48. The molecule has 156 valence electrons. The van der Waals surface area contributed by atoms with Crippen molar-refractivity contribution in [2.75, 3.05) is 0 Å². The van der Waals surface area contributed by atoms with E-state index in [-0.39, 0.29) is 11.1 Å². The fourth-order valence-electron chi connectivity index (χ4n) is 4.70. The van der Waals surface area contributed by atoms with Gasteiger partial charge >= 0.3 is 0 Å². The summed E-state index contributed by atoms with van der Waals surface area (Å²) >= 11 is 0. The van der Waals surface area contributed by atoms with Gasteiger partial charge in [-0.25, -0.2) is 4.68 Å². The number of imide groups is 1. The molecule has 0 saturated heterocycles. The van der Waals surface area contributed by atoms with Crippen molar-refractivity contribution in [1.82, 2.24) is 14.8 Å². The van der Waals surface area contributed by atoms with Crippen molar-refractivity contribution in [2.45, 2.75) is 19.8 Å². The van der Waals surface area contributed by atoms with Crippen molar-refractivity contribution in [1.29, 1.82) is 0 Å². The van der Waals surface area contributed by atoms with Gasteiger partial charge in [-0.2, -0.15) is 10.1 Å². The maximum atomic E-state index is 13.2. The number of aromatic amines is 1. The van der Waals surface area contributed by atoms with Gasteiger partial charge in [0.1, 0.15) is 0 Å². The Morgan fingerprint density at radius 2 is 1.47 bits per heavy atom. The lowest BCUT2D eigenvalue weighted by atomic mass is 9.92. The number of H-pyrrole nitrogens is 1.